The zero-order chi connectivity index (χ0) is 11.7. The van der Waals surface area contributed by atoms with Crippen LogP contribution in [0.25, 0.3) is 0 Å². The molecule has 1 N–H and O–H groups in total. The number of nitrogens with zero attached hydrogens (tertiary/aromatic N) is 1. The summed E-state index contributed by atoms with van der Waals surface area (Å²) in [6.45, 7) is 3.93. The van der Waals surface area contributed by atoms with E-state index in [2.05, 4.69) is 17.0 Å². The van der Waals surface area contributed by atoms with Crippen molar-refractivity contribution < 1.29 is 22.0 Å². The number of rotatable bonds is 2. The molecule has 1 fully saturated rings. The second kappa shape index (κ2) is 4.14. The van der Waals surface area contributed by atoms with E-state index in [0.717, 1.165) is 0 Å². The van der Waals surface area contributed by atoms with Gasteiger partial charge in [-0.2, -0.15) is 17.5 Å². The van der Waals surface area contributed by atoms with Gasteiger partial charge in [0.25, 0.3) is 0 Å². The van der Waals surface area contributed by atoms with Crippen LogP contribution in [0.5, 0.6) is 0 Å². The molecule has 0 aromatic carbocycles. The Kier molecular flexibility index (Phi) is 3.63. The van der Waals surface area contributed by atoms with Crippen LogP contribution in [0.3, 0.4) is 0 Å². The van der Waals surface area contributed by atoms with Crippen LogP contribution in [0.1, 0.15) is 13.8 Å². The minimum atomic E-state index is -4.53. The summed E-state index contributed by atoms with van der Waals surface area (Å²) in [5.41, 5.74) is -0.314. The first-order valence-corrected chi connectivity index (χ1v) is 8.01. The van der Waals surface area contributed by atoms with E-state index >= 15 is 0 Å². The van der Waals surface area contributed by atoms with E-state index in [4.69, 9.17) is 13.6 Å². The van der Waals surface area contributed by atoms with Crippen molar-refractivity contribution in [3.63, 3.8) is 0 Å². The molecule has 1 aliphatic heterocycles. The minimum Gasteiger partial charge on any atom is -0.251 e. The Morgan fingerprint density at radius 1 is 1.47 bits per heavy atom. The molecule has 0 spiro atoms. The fourth-order valence-corrected chi connectivity index (χ4v) is 4.59. The fraction of sp³-hybridized carbons (Fsp3) is 0.833. The Hall–Kier alpha value is 0.0600. The highest BCUT2D eigenvalue weighted by Gasteiger charge is 2.63. The van der Waals surface area contributed by atoms with Crippen LogP contribution < -0.4 is 0 Å². The first-order chi connectivity index (χ1) is 6.72. The zero-order valence-corrected chi connectivity index (χ0v) is 10.7. The zero-order valence-electron chi connectivity index (χ0n) is 8.21. The normalized spacial score (nSPS) is 24.2. The molecular weight excluding hydrogens is 261 g/mol. The highest BCUT2D eigenvalue weighted by Crippen LogP contribution is 2.69. The monoisotopic (exact) mass is 272 g/mol. The van der Waals surface area contributed by atoms with Gasteiger partial charge in [0.15, 0.2) is 0 Å². The van der Waals surface area contributed by atoms with E-state index in [0.29, 0.717) is 0 Å². The van der Waals surface area contributed by atoms with Crippen molar-refractivity contribution in [1.29, 1.82) is 0 Å². The average Bonchev–Trinajstić information content (AvgIpc) is 2.07. The van der Waals surface area contributed by atoms with E-state index in [1.54, 1.807) is 0 Å². The number of isothiocyanates is 1. The summed E-state index contributed by atoms with van der Waals surface area (Å²) >= 11 is 4.31. The molecule has 0 atom stereocenters. The van der Waals surface area contributed by atoms with Crippen LogP contribution in [0.4, 0.5) is 0 Å². The Morgan fingerprint density at radius 3 is 2.27 bits per heavy atom. The molecule has 0 saturated carbocycles. The Bertz CT molecular complexity index is 390. The van der Waals surface area contributed by atoms with Gasteiger partial charge >= 0.3 is 16.8 Å². The Morgan fingerprint density at radius 2 is 1.93 bits per heavy atom. The molecule has 1 heterocycles. The molecule has 0 aliphatic carbocycles. The quantitative estimate of drug-likeness (QED) is 0.356. The summed E-state index contributed by atoms with van der Waals surface area (Å²) in [4.78, 5) is 0. The van der Waals surface area contributed by atoms with Crippen LogP contribution in [0.15, 0.2) is 4.76 Å². The van der Waals surface area contributed by atoms with Crippen molar-refractivity contribution in [1.82, 2.24) is 0 Å². The van der Waals surface area contributed by atoms with Gasteiger partial charge in [-0.25, -0.2) is 0 Å². The second-order valence-electron chi connectivity index (χ2n) is 3.82. The SMILES string of the molecule is CC1(C)CO[P+](N=C=S)(S(=O)(=O)O)OC1. The molecule has 9 heteroatoms. The van der Waals surface area contributed by atoms with Crippen molar-refractivity contribution >= 4 is 34.2 Å². The molecule has 0 unspecified atom stereocenters. The molecule has 1 rings (SSSR count). The predicted molar refractivity (Wildman–Crippen MR) is 59.2 cm³/mol. The molecule has 6 nitrogen and oxygen atoms in total. The van der Waals surface area contributed by atoms with Crippen molar-refractivity contribution in [2.45, 2.75) is 13.8 Å². The van der Waals surface area contributed by atoms with Gasteiger partial charge in [-0.15, -0.1) is 0 Å². The van der Waals surface area contributed by atoms with Crippen LogP contribution in [0, 0.1) is 5.41 Å². The van der Waals surface area contributed by atoms with Gasteiger partial charge in [-0.3, -0.25) is 4.55 Å². The van der Waals surface area contributed by atoms with Crippen molar-refractivity contribution in [2.75, 3.05) is 13.2 Å². The standard InChI is InChI=1S/C6H10NO5PS2/c1-6(2)3-11-13(7-5-14,12-4-6)15(8,9)10/h3-4H2,1-2H3/p+1. The van der Waals surface area contributed by atoms with E-state index in [1.807, 2.05) is 19.0 Å². The maximum Gasteiger partial charge on any atom is 0.557 e. The first-order valence-electron chi connectivity index (χ1n) is 3.98. The van der Waals surface area contributed by atoms with E-state index in [9.17, 15) is 8.42 Å². The van der Waals surface area contributed by atoms with E-state index in [-0.39, 0.29) is 18.6 Å². The summed E-state index contributed by atoms with van der Waals surface area (Å²) in [5, 5.41) is 1.88. The lowest BCUT2D eigenvalue weighted by atomic mass is 9.97. The molecule has 15 heavy (non-hydrogen) atoms. The third-order valence-electron chi connectivity index (χ3n) is 1.69. The predicted octanol–water partition coefficient (Wildman–Crippen LogP) is 1.73. The second-order valence-corrected chi connectivity index (χ2v) is 9.32. The van der Waals surface area contributed by atoms with Gasteiger partial charge in [-0.1, -0.05) is 13.8 Å². The lowest BCUT2D eigenvalue weighted by Gasteiger charge is -2.29. The maximum atomic E-state index is 11.1. The molecule has 0 bridgehead atoms. The Labute approximate surface area is 93.7 Å². The van der Waals surface area contributed by atoms with Crippen molar-refractivity contribution in [3.05, 3.63) is 0 Å². The maximum absolute atomic E-state index is 11.1. The number of thiocarbonyl (C=S) groups is 1. The number of hydrogen-bond donors (Lipinski definition) is 1. The summed E-state index contributed by atoms with van der Waals surface area (Å²) in [7, 11) is -8.25. The van der Waals surface area contributed by atoms with Crippen LogP contribution in [-0.2, 0) is 18.8 Å². The smallest absolute Gasteiger partial charge is 0.251 e. The summed E-state index contributed by atoms with van der Waals surface area (Å²) < 4.78 is 44.6. The minimum absolute atomic E-state index is 0.126. The molecular formula is C6H11NO5PS2+. The summed E-state index contributed by atoms with van der Waals surface area (Å²) in [5.74, 6) is 0. The summed E-state index contributed by atoms with van der Waals surface area (Å²) in [6.07, 6.45) is 0. The van der Waals surface area contributed by atoms with Gasteiger partial charge in [-0.05, 0) is 12.2 Å². The van der Waals surface area contributed by atoms with Crippen LogP contribution >= 0.6 is 19.3 Å². The third-order valence-corrected chi connectivity index (χ3v) is 6.38. The average molecular weight is 272 g/mol. The first kappa shape index (κ1) is 13.1. The lowest BCUT2D eigenvalue weighted by Crippen LogP contribution is -2.32. The van der Waals surface area contributed by atoms with E-state index < -0.39 is 16.8 Å². The van der Waals surface area contributed by atoms with Gasteiger partial charge in [0.2, 0.25) is 0 Å². The van der Waals surface area contributed by atoms with Crippen molar-refractivity contribution in [2.24, 2.45) is 10.2 Å². The lowest BCUT2D eigenvalue weighted by molar-refractivity contribution is 0.0569. The van der Waals surface area contributed by atoms with Gasteiger partial charge in [0.05, 0.1) is 0 Å². The van der Waals surface area contributed by atoms with Gasteiger partial charge in [0, 0.05) is 10.2 Å². The molecule has 0 radical (unpaired) electrons. The largest absolute Gasteiger partial charge is 0.557 e. The Balaban J connectivity index is 3.04. The van der Waals surface area contributed by atoms with Crippen molar-refractivity contribution in [3.8, 4) is 0 Å². The molecule has 1 aliphatic rings. The van der Waals surface area contributed by atoms with Crippen LogP contribution in [0.2, 0.25) is 0 Å². The molecule has 0 amide bonds. The third kappa shape index (κ3) is 2.79. The molecule has 0 aromatic heterocycles. The van der Waals surface area contributed by atoms with Crippen LogP contribution in [-0.4, -0.2) is 31.3 Å². The molecule has 1 saturated heterocycles. The highest BCUT2D eigenvalue weighted by atomic mass is 32.8. The summed E-state index contributed by atoms with van der Waals surface area (Å²) in [6, 6.07) is 0. The van der Waals surface area contributed by atoms with Gasteiger partial charge in [0.1, 0.15) is 18.4 Å². The highest BCUT2D eigenvalue weighted by molar-refractivity contribution is 8.50. The number of hydrogen-bond acceptors (Lipinski definition) is 6. The molecule has 0 aromatic rings. The van der Waals surface area contributed by atoms with E-state index in [1.165, 1.54) is 0 Å². The van der Waals surface area contributed by atoms with Gasteiger partial charge < -0.3 is 0 Å². The fourth-order valence-electron chi connectivity index (χ4n) is 0.884. The molecule has 86 valence electrons. The topological polar surface area (TPSA) is 85.2 Å².